The molecule has 3 N–H and O–H groups in total. The number of alkyl halides is 2. The first kappa shape index (κ1) is 25.1. The van der Waals surface area contributed by atoms with Gasteiger partial charge in [-0.15, -0.1) is 23.2 Å². The molecule has 4 nitrogen and oxygen atoms in total. The van der Waals surface area contributed by atoms with Crippen LogP contribution in [-0.2, 0) is 11.2 Å². The Balaban J connectivity index is 1.50. The molecule has 0 bridgehead atoms. The molecule has 1 aliphatic carbocycles. The van der Waals surface area contributed by atoms with Gasteiger partial charge in [-0.25, -0.2) is 4.39 Å². The van der Waals surface area contributed by atoms with Gasteiger partial charge in [0.1, 0.15) is 10.2 Å². The average Bonchev–Trinajstić information content (AvgIpc) is 3.36. The van der Waals surface area contributed by atoms with Crippen LogP contribution in [0, 0.1) is 11.7 Å². The first-order valence-corrected chi connectivity index (χ1v) is 11.9. The van der Waals surface area contributed by atoms with E-state index in [1.165, 1.54) is 30.3 Å². The van der Waals surface area contributed by atoms with Crippen molar-refractivity contribution in [3.05, 3.63) is 92.2 Å². The lowest BCUT2D eigenvalue weighted by Crippen LogP contribution is -2.17. The van der Waals surface area contributed by atoms with E-state index in [1.807, 2.05) is 0 Å². The number of nitrogens with two attached hydrogens (primary N) is 1. The highest BCUT2D eigenvalue weighted by Gasteiger charge is 2.67. The van der Waals surface area contributed by atoms with Crippen LogP contribution in [0.1, 0.15) is 27.4 Å². The van der Waals surface area contributed by atoms with Gasteiger partial charge in [-0.05, 0) is 53.6 Å². The topological polar surface area (TPSA) is 72.2 Å². The highest BCUT2D eigenvalue weighted by atomic mass is 35.5. The van der Waals surface area contributed by atoms with Gasteiger partial charge in [0.15, 0.2) is 5.78 Å². The number of rotatable bonds is 6. The number of carbonyl (C=O) groups is 2. The van der Waals surface area contributed by atoms with Crippen molar-refractivity contribution < 1.29 is 14.0 Å². The van der Waals surface area contributed by atoms with Crippen molar-refractivity contribution in [3.8, 4) is 0 Å². The number of Topliss-reactive ketones (excluding diaryl/α,β-unsaturated/α-hetero) is 1. The van der Waals surface area contributed by atoms with E-state index in [-0.39, 0.29) is 27.8 Å². The Hall–Kier alpha value is -2.02. The van der Waals surface area contributed by atoms with Crippen LogP contribution in [0.3, 0.4) is 0 Å². The molecule has 176 valence electrons. The van der Waals surface area contributed by atoms with E-state index in [2.05, 4.69) is 5.32 Å². The minimum absolute atomic E-state index is 0.0426. The van der Waals surface area contributed by atoms with Gasteiger partial charge >= 0.3 is 0 Å². The standard InChI is InChI=1S/C24H16Cl5FN2O2/c25-15-5-3-13(10-14(15)20(33)8-11-1-4-16(26)19(31)7-11)32-23(34)22-21(24(22,28)29)12-2-6-18(30)17(27)9-12/h1-7,9-10,21-22H,8,31H2,(H,32,34). The molecule has 2 unspecified atom stereocenters. The zero-order valence-corrected chi connectivity index (χ0v) is 21.0. The number of hydrogen-bond donors (Lipinski definition) is 2. The lowest BCUT2D eigenvalue weighted by Gasteiger charge is -2.10. The molecule has 0 saturated heterocycles. The summed E-state index contributed by atoms with van der Waals surface area (Å²) in [4.78, 5) is 25.8. The normalized spacial score (nSPS) is 18.4. The van der Waals surface area contributed by atoms with Crippen LogP contribution in [0.2, 0.25) is 15.1 Å². The molecule has 10 heteroatoms. The van der Waals surface area contributed by atoms with Crippen LogP contribution in [0.25, 0.3) is 0 Å². The molecular formula is C24H16Cl5FN2O2. The lowest BCUT2D eigenvalue weighted by molar-refractivity contribution is -0.117. The molecule has 2 atom stereocenters. The van der Waals surface area contributed by atoms with E-state index in [9.17, 15) is 14.0 Å². The van der Waals surface area contributed by atoms with Gasteiger partial charge in [-0.1, -0.05) is 46.9 Å². The van der Waals surface area contributed by atoms with Gasteiger partial charge in [-0.2, -0.15) is 0 Å². The summed E-state index contributed by atoms with van der Waals surface area (Å²) in [5, 5.41) is 3.27. The highest BCUT2D eigenvalue weighted by molar-refractivity contribution is 6.53. The Labute approximate surface area is 220 Å². The lowest BCUT2D eigenvalue weighted by atomic mass is 10.0. The van der Waals surface area contributed by atoms with E-state index in [4.69, 9.17) is 63.7 Å². The zero-order valence-electron chi connectivity index (χ0n) is 17.2. The van der Waals surface area contributed by atoms with Crippen molar-refractivity contribution in [2.75, 3.05) is 11.1 Å². The largest absolute Gasteiger partial charge is 0.398 e. The molecule has 1 fully saturated rings. The number of carbonyl (C=O) groups excluding carboxylic acids is 2. The van der Waals surface area contributed by atoms with E-state index >= 15 is 0 Å². The number of halogens is 6. The zero-order chi connectivity index (χ0) is 24.8. The number of anilines is 2. The third kappa shape index (κ3) is 5.00. The Morgan fingerprint density at radius 1 is 0.941 bits per heavy atom. The van der Waals surface area contributed by atoms with E-state index in [0.717, 1.165) is 0 Å². The van der Waals surface area contributed by atoms with Crippen LogP contribution < -0.4 is 11.1 Å². The number of ketones is 1. The number of hydrogen-bond acceptors (Lipinski definition) is 3. The SMILES string of the molecule is Nc1cc(CC(=O)c2cc(NC(=O)C3C(c4ccc(F)c(Cl)c4)C3(Cl)Cl)ccc2Cl)ccc1Cl. The Morgan fingerprint density at radius 2 is 1.65 bits per heavy atom. The summed E-state index contributed by atoms with van der Waals surface area (Å²) in [5.41, 5.74) is 7.97. The molecule has 34 heavy (non-hydrogen) atoms. The van der Waals surface area contributed by atoms with Crippen molar-refractivity contribution in [3.63, 3.8) is 0 Å². The molecule has 0 heterocycles. The third-order valence-corrected chi connectivity index (χ3v) is 7.50. The highest BCUT2D eigenvalue weighted by Crippen LogP contribution is 2.65. The number of nitrogen functional groups attached to an aromatic ring is 1. The Bertz CT molecular complexity index is 1310. The average molecular weight is 561 g/mol. The van der Waals surface area contributed by atoms with Gasteiger partial charge in [0.05, 0.1) is 26.7 Å². The molecule has 1 amide bonds. The molecule has 3 aromatic carbocycles. The number of amides is 1. The second-order valence-electron chi connectivity index (χ2n) is 7.94. The van der Waals surface area contributed by atoms with Crippen LogP contribution in [0.15, 0.2) is 54.6 Å². The molecule has 0 radical (unpaired) electrons. The molecule has 3 aromatic rings. The van der Waals surface area contributed by atoms with Crippen molar-refractivity contribution in [2.45, 2.75) is 16.7 Å². The van der Waals surface area contributed by atoms with Crippen LogP contribution in [0.4, 0.5) is 15.8 Å². The van der Waals surface area contributed by atoms with Crippen LogP contribution >= 0.6 is 58.0 Å². The summed E-state index contributed by atoms with van der Waals surface area (Å²) in [6.07, 6.45) is 0.0426. The van der Waals surface area contributed by atoms with Gasteiger partial charge in [0.2, 0.25) is 5.91 Å². The van der Waals surface area contributed by atoms with Crippen molar-refractivity contribution in [1.29, 1.82) is 0 Å². The summed E-state index contributed by atoms with van der Waals surface area (Å²) in [6, 6.07) is 13.6. The summed E-state index contributed by atoms with van der Waals surface area (Å²) >= 11 is 30.7. The van der Waals surface area contributed by atoms with E-state index < -0.39 is 27.9 Å². The Morgan fingerprint density at radius 3 is 2.32 bits per heavy atom. The molecule has 0 aliphatic heterocycles. The molecule has 1 saturated carbocycles. The maximum atomic E-state index is 13.5. The summed E-state index contributed by atoms with van der Waals surface area (Å²) < 4.78 is 12.1. The van der Waals surface area contributed by atoms with Crippen LogP contribution in [0.5, 0.6) is 0 Å². The van der Waals surface area contributed by atoms with E-state index in [1.54, 1.807) is 24.3 Å². The van der Waals surface area contributed by atoms with Gasteiger partial charge < -0.3 is 11.1 Å². The fourth-order valence-electron chi connectivity index (χ4n) is 3.79. The predicted molar refractivity (Wildman–Crippen MR) is 136 cm³/mol. The van der Waals surface area contributed by atoms with Crippen molar-refractivity contribution in [1.82, 2.24) is 0 Å². The van der Waals surface area contributed by atoms with Gasteiger partial charge in [-0.3, -0.25) is 9.59 Å². The maximum absolute atomic E-state index is 13.5. The Kier molecular flexibility index (Phi) is 7.05. The van der Waals surface area contributed by atoms with Crippen LogP contribution in [-0.4, -0.2) is 16.0 Å². The number of nitrogens with one attached hydrogen (secondary N) is 1. The van der Waals surface area contributed by atoms with E-state index in [0.29, 0.717) is 27.5 Å². The molecule has 0 aromatic heterocycles. The number of benzene rings is 3. The summed E-state index contributed by atoms with van der Waals surface area (Å²) in [6.45, 7) is 0. The first-order valence-electron chi connectivity index (χ1n) is 9.99. The van der Waals surface area contributed by atoms with Crippen molar-refractivity contribution >= 4 is 81.1 Å². The quantitative estimate of drug-likeness (QED) is 0.189. The second kappa shape index (κ2) is 9.56. The van der Waals surface area contributed by atoms with Crippen molar-refractivity contribution in [2.24, 2.45) is 5.92 Å². The predicted octanol–water partition coefficient (Wildman–Crippen LogP) is 7.32. The minimum Gasteiger partial charge on any atom is -0.398 e. The maximum Gasteiger partial charge on any atom is 0.231 e. The molecular weight excluding hydrogens is 545 g/mol. The van der Waals surface area contributed by atoms with Gasteiger partial charge in [0.25, 0.3) is 0 Å². The smallest absolute Gasteiger partial charge is 0.231 e. The first-order chi connectivity index (χ1) is 16.0. The fraction of sp³-hybridized carbons (Fsp3) is 0.167. The monoisotopic (exact) mass is 558 g/mol. The molecule has 1 aliphatic rings. The summed E-state index contributed by atoms with van der Waals surface area (Å²) in [5.74, 6) is -2.68. The minimum atomic E-state index is -1.38. The fourth-order valence-corrected chi connectivity index (χ4v) is 5.15. The molecule has 0 spiro atoms. The third-order valence-electron chi connectivity index (χ3n) is 5.60. The summed E-state index contributed by atoms with van der Waals surface area (Å²) in [7, 11) is 0. The second-order valence-corrected chi connectivity index (χ2v) is 10.6. The molecule has 4 rings (SSSR count). The van der Waals surface area contributed by atoms with Gasteiger partial charge in [0, 0.05) is 23.6 Å².